The molecule has 0 bridgehead atoms. The Labute approximate surface area is 191 Å². The summed E-state index contributed by atoms with van der Waals surface area (Å²) in [5.74, 6) is -0.515. The van der Waals surface area contributed by atoms with Gasteiger partial charge in [0.2, 0.25) is 18.6 Å². The quantitative estimate of drug-likeness (QED) is 0.155. The number of nitrogen functional groups attached to an aromatic ring is 1. The van der Waals surface area contributed by atoms with Gasteiger partial charge in [0.15, 0.2) is 11.2 Å². The lowest BCUT2D eigenvalue weighted by Crippen LogP contribution is -2.24. The van der Waals surface area contributed by atoms with E-state index in [-0.39, 0.29) is 42.5 Å². The Balaban J connectivity index is 1.50. The van der Waals surface area contributed by atoms with Crippen molar-refractivity contribution in [2.24, 2.45) is 0 Å². The van der Waals surface area contributed by atoms with Crippen LogP contribution in [0.5, 0.6) is 0 Å². The number of hydrogen-bond acceptors (Lipinski definition) is 9. The van der Waals surface area contributed by atoms with Crippen molar-refractivity contribution in [3.05, 3.63) is 29.3 Å². The highest BCUT2D eigenvalue weighted by Gasteiger charge is 2.35. The van der Waals surface area contributed by atoms with Crippen molar-refractivity contribution in [2.75, 3.05) is 25.0 Å². The maximum absolute atomic E-state index is 12.5. The molecule has 0 aromatic carbocycles. The molecular weight excluding hydrogens is 516 g/mol. The van der Waals surface area contributed by atoms with Crippen molar-refractivity contribution in [2.45, 2.75) is 25.2 Å². The summed E-state index contributed by atoms with van der Waals surface area (Å²) in [6.45, 7) is -0.982. The van der Waals surface area contributed by atoms with Gasteiger partial charge in [0.05, 0.1) is 27.0 Å². The van der Waals surface area contributed by atoms with Crippen LogP contribution in [-0.2, 0) is 23.2 Å². The number of H-pyrrole nitrogens is 1. The van der Waals surface area contributed by atoms with Gasteiger partial charge in [-0.2, -0.15) is 4.98 Å². The third-order valence-corrected chi connectivity index (χ3v) is 19.2. The lowest BCUT2D eigenvalue weighted by atomic mass is 10.2. The van der Waals surface area contributed by atoms with Crippen molar-refractivity contribution in [3.8, 4) is 0 Å². The molecule has 6 atom stereocenters. The fourth-order valence-corrected chi connectivity index (χ4v) is 18.1. The van der Waals surface area contributed by atoms with Crippen molar-refractivity contribution in [1.29, 1.82) is 0 Å². The Morgan fingerprint density at radius 3 is 2.97 bits per heavy atom. The lowest BCUT2D eigenvalue weighted by Gasteiger charge is -2.19. The standard InChI is InChI=1S/C15H24N6O8P4/c1-2-10(22)17-5-6-28-32(24,25)31-33(26,27)30-7-9-3-4-11(29-9)21-8-18-12-13(21)19-15(16)20-14(12)23/h2,8-9,11,30-31H,1,3-7H2,(H,17,22)(H,24,25)(H,26,27)(H3,16,19,20,23)/t9-,11+/m0/s1. The van der Waals surface area contributed by atoms with E-state index in [1.54, 1.807) is 4.57 Å². The number of nitrogens with two attached hydrogens (primary N) is 1. The predicted octanol–water partition coefficient (Wildman–Crippen LogP) is 1.26. The summed E-state index contributed by atoms with van der Waals surface area (Å²) in [7, 11) is -5.99. The molecule has 0 spiro atoms. The SMILES string of the molecule is C=CC(=O)NCCOP(=O)(O)PP(=O)(O)PC[C@@H]1CC[C@H](n2cnc3c(=O)[nH]c(N)nc32)O1. The topological polar surface area (TPSA) is 212 Å². The Morgan fingerprint density at radius 1 is 1.48 bits per heavy atom. The maximum Gasteiger partial charge on any atom is 0.353 e. The molecule has 33 heavy (non-hydrogen) atoms. The molecule has 2 aromatic rings. The molecule has 1 aliphatic heterocycles. The minimum atomic E-state index is -4.29. The summed E-state index contributed by atoms with van der Waals surface area (Å²) in [5.41, 5.74) is 5.54. The summed E-state index contributed by atoms with van der Waals surface area (Å²) >= 11 is 0. The van der Waals surface area contributed by atoms with Crippen LogP contribution < -0.4 is 16.6 Å². The highest BCUT2D eigenvalue weighted by molar-refractivity contribution is 8.68. The van der Waals surface area contributed by atoms with Crippen LogP contribution in [-0.4, -0.2) is 60.6 Å². The van der Waals surface area contributed by atoms with E-state index in [1.807, 2.05) is 0 Å². The van der Waals surface area contributed by atoms with Crippen molar-refractivity contribution in [1.82, 2.24) is 24.8 Å². The van der Waals surface area contributed by atoms with Crippen LogP contribution in [0.3, 0.4) is 0 Å². The average molecular weight is 540 g/mol. The van der Waals surface area contributed by atoms with E-state index >= 15 is 0 Å². The highest BCUT2D eigenvalue weighted by atomic mass is 32.7. The van der Waals surface area contributed by atoms with Crippen molar-refractivity contribution in [3.63, 3.8) is 0 Å². The fraction of sp³-hybridized carbons (Fsp3) is 0.467. The predicted molar refractivity (Wildman–Crippen MR) is 126 cm³/mol. The van der Waals surface area contributed by atoms with Crippen LogP contribution in [0.25, 0.3) is 11.2 Å². The second-order valence-corrected chi connectivity index (χ2v) is 20.4. The normalized spacial score (nSPS) is 22.7. The number of anilines is 1. The van der Waals surface area contributed by atoms with Gasteiger partial charge in [-0.3, -0.25) is 28.3 Å². The van der Waals surface area contributed by atoms with E-state index in [0.29, 0.717) is 12.8 Å². The summed E-state index contributed by atoms with van der Waals surface area (Å²) in [6, 6.07) is 0. The summed E-state index contributed by atoms with van der Waals surface area (Å²) in [4.78, 5) is 53.5. The Bertz CT molecular complexity index is 1180. The molecule has 3 heterocycles. The van der Waals surface area contributed by atoms with Gasteiger partial charge >= 0.3 is 7.28 Å². The van der Waals surface area contributed by atoms with Crippen LogP contribution in [0.15, 0.2) is 23.8 Å². The number of aromatic nitrogens is 4. The van der Waals surface area contributed by atoms with E-state index < -0.39 is 48.0 Å². The number of ether oxygens (including phenoxy) is 1. The average Bonchev–Trinajstić information content (AvgIpc) is 3.35. The summed E-state index contributed by atoms with van der Waals surface area (Å²) < 4.78 is 36.9. The zero-order valence-corrected chi connectivity index (χ0v) is 21.0. The largest absolute Gasteiger partial charge is 0.369 e. The molecule has 1 fully saturated rings. The molecule has 3 rings (SSSR count). The second-order valence-electron chi connectivity index (χ2n) is 6.95. The number of imidazole rings is 1. The Kier molecular flexibility index (Phi) is 8.59. The zero-order chi connectivity index (χ0) is 24.2. The number of carbonyl (C=O) groups excluding carboxylic acids is 1. The molecule has 1 amide bonds. The van der Waals surface area contributed by atoms with Crippen LogP contribution in [0.1, 0.15) is 19.1 Å². The molecule has 0 radical (unpaired) electrons. The van der Waals surface area contributed by atoms with Crippen LogP contribution in [0.2, 0.25) is 0 Å². The monoisotopic (exact) mass is 540 g/mol. The molecule has 4 unspecified atom stereocenters. The zero-order valence-electron chi connectivity index (χ0n) is 17.2. The molecule has 6 N–H and O–H groups in total. The molecule has 182 valence electrons. The van der Waals surface area contributed by atoms with Gasteiger partial charge in [-0.15, -0.1) is 0 Å². The third kappa shape index (κ3) is 7.25. The van der Waals surface area contributed by atoms with Crippen molar-refractivity contribution < 1.29 is 33.0 Å². The number of aromatic amines is 1. The number of hydrogen-bond donors (Lipinski definition) is 5. The molecule has 1 aliphatic rings. The maximum atomic E-state index is 12.5. The first-order valence-electron chi connectivity index (χ1n) is 9.62. The third-order valence-electron chi connectivity index (χ3n) is 4.49. The number of fused-ring (bicyclic) bond motifs is 1. The minimum absolute atomic E-state index is 0.0372. The number of amides is 1. The Morgan fingerprint density at radius 2 is 2.24 bits per heavy atom. The van der Waals surface area contributed by atoms with E-state index in [1.165, 1.54) is 6.33 Å². The minimum Gasteiger partial charge on any atom is -0.369 e. The molecule has 0 aliphatic carbocycles. The van der Waals surface area contributed by atoms with Crippen LogP contribution in [0, 0.1) is 0 Å². The van der Waals surface area contributed by atoms with Gasteiger partial charge in [-0.05, 0) is 27.2 Å². The van der Waals surface area contributed by atoms with Gasteiger partial charge in [0.25, 0.3) is 5.56 Å². The van der Waals surface area contributed by atoms with Crippen molar-refractivity contribution >= 4 is 53.3 Å². The summed E-state index contributed by atoms with van der Waals surface area (Å²) in [5, 5.41) is 2.37. The first kappa shape index (κ1) is 26.1. The lowest BCUT2D eigenvalue weighted by molar-refractivity contribution is -0.116. The molecule has 18 heteroatoms. The van der Waals surface area contributed by atoms with Gasteiger partial charge in [-0.25, -0.2) is 4.98 Å². The van der Waals surface area contributed by atoms with Crippen LogP contribution in [0.4, 0.5) is 5.95 Å². The number of nitrogens with zero attached hydrogens (tertiary/aromatic N) is 3. The molecule has 1 saturated heterocycles. The number of rotatable bonds is 11. The first-order valence-corrected chi connectivity index (χ1v) is 17.6. The van der Waals surface area contributed by atoms with E-state index in [2.05, 4.69) is 26.8 Å². The van der Waals surface area contributed by atoms with Gasteiger partial charge in [-0.1, -0.05) is 6.58 Å². The first-order chi connectivity index (χ1) is 15.5. The van der Waals surface area contributed by atoms with Gasteiger partial charge < -0.3 is 30.1 Å². The smallest absolute Gasteiger partial charge is 0.353 e. The number of nitrogens with one attached hydrogen (secondary N) is 2. The van der Waals surface area contributed by atoms with E-state index in [0.717, 1.165) is 6.08 Å². The highest BCUT2D eigenvalue weighted by Crippen LogP contribution is 2.87. The van der Waals surface area contributed by atoms with E-state index in [9.17, 15) is 28.5 Å². The van der Waals surface area contributed by atoms with Gasteiger partial charge in [0, 0.05) is 12.7 Å². The fourth-order valence-electron chi connectivity index (χ4n) is 3.07. The molecular formula is C15H24N6O8P4. The van der Waals surface area contributed by atoms with Crippen LogP contribution >= 0.6 is 30.3 Å². The molecule has 2 aromatic heterocycles. The second kappa shape index (κ2) is 10.8. The van der Waals surface area contributed by atoms with Gasteiger partial charge in [0.1, 0.15) is 6.23 Å². The summed E-state index contributed by atoms with van der Waals surface area (Å²) in [6.07, 6.45) is 2.99. The Hall–Kier alpha value is -1.48. The molecule has 0 saturated carbocycles. The molecule has 14 nitrogen and oxygen atoms in total. The number of carbonyl (C=O) groups is 1. The van der Waals surface area contributed by atoms with E-state index in [4.69, 9.17) is 15.0 Å².